The lowest BCUT2D eigenvalue weighted by molar-refractivity contribution is -0.233. The van der Waals surface area contributed by atoms with Gasteiger partial charge in [0.2, 0.25) is 5.91 Å². The van der Waals surface area contributed by atoms with Gasteiger partial charge < -0.3 is 30.5 Å². The predicted molar refractivity (Wildman–Crippen MR) is 77.0 cm³/mol. The van der Waals surface area contributed by atoms with E-state index < -0.39 is 43.3 Å². The highest BCUT2D eigenvalue weighted by Gasteiger charge is 2.44. The minimum absolute atomic E-state index is 0.204. The lowest BCUT2D eigenvalue weighted by atomic mass is 9.89. The topological polar surface area (TPSA) is 148 Å². The predicted octanol–water partition coefficient (Wildman–Crippen LogP) is -1.81. The van der Waals surface area contributed by atoms with E-state index in [4.69, 9.17) is 9.84 Å². The average Bonchev–Trinajstić information content (AvgIpc) is 2.56. The van der Waals surface area contributed by atoms with Gasteiger partial charge in [-0.1, -0.05) is 19.3 Å². The molecule has 132 valence electrons. The average molecular weight is 332 g/mol. The van der Waals surface area contributed by atoms with E-state index in [1.807, 2.05) is 0 Å². The van der Waals surface area contributed by atoms with Gasteiger partial charge in [-0.15, -0.1) is 0 Å². The Labute approximate surface area is 133 Å². The molecule has 6 N–H and O–H groups in total. The van der Waals surface area contributed by atoms with Gasteiger partial charge >= 0.3 is 6.03 Å². The van der Waals surface area contributed by atoms with Gasteiger partial charge in [-0.05, 0) is 12.8 Å². The number of imide groups is 1. The van der Waals surface area contributed by atoms with Crippen molar-refractivity contribution >= 4 is 11.9 Å². The zero-order valence-electron chi connectivity index (χ0n) is 12.7. The van der Waals surface area contributed by atoms with Crippen molar-refractivity contribution in [3.8, 4) is 0 Å². The van der Waals surface area contributed by atoms with Crippen molar-refractivity contribution in [1.82, 2.24) is 10.6 Å². The van der Waals surface area contributed by atoms with E-state index in [9.17, 15) is 24.9 Å². The van der Waals surface area contributed by atoms with E-state index in [1.165, 1.54) is 0 Å². The molecule has 2 rings (SSSR count). The Kier molecular flexibility index (Phi) is 6.31. The van der Waals surface area contributed by atoms with E-state index in [1.54, 1.807) is 0 Å². The first-order valence-corrected chi connectivity index (χ1v) is 7.86. The summed E-state index contributed by atoms with van der Waals surface area (Å²) in [4.78, 5) is 23.8. The first kappa shape index (κ1) is 18.1. The van der Waals surface area contributed by atoms with Crippen molar-refractivity contribution in [2.45, 2.75) is 62.7 Å². The number of hydrogen-bond acceptors (Lipinski definition) is 7. The van der Waals surface area contributed by atoms with Crippen LogP contribution in [0.3, 0.4) is 0 Å². The van der Waals surface area contributed by atoms with Crippen LogP contribution in [0.4, 0.5) is 4.79 Å². The molecule has 1 aliphatic carbocycles. The standard InChI is InChI=1S/C14H24N2O7/c17-6-8-9(18)10(19)11(20)13(23-8)16-14(22)15-12(21)7-4-2-1-3-5-7/h7-11,13,17-20H,1-6H2,(H2,15,16,21,22)/t8-,9-,10+,11-,13-/m1/s1. The third kappa shape index (κ3) is 4.39. The Hall–Kier alpha value is -1.26. The van der Waals surface area contributed by atoms with E-state index in [2.05, 4.69) is 10.6 Å². The van der Waals surface area contributed by atoms with Crippen LogP contribution in [-0.2, 0) is 9.53 Å². The summed E-state index contributed by atoms with van der Waals surface area (Å²) in [6.45, 7) is -0.592. The van der Waals surface area contributed by atoms with Crippen LogP contribution in [0.5, 0.6) is 0 Å². The van der Waals surface area contributed by atoms with Gasteiger partial charge in [0.05, 0.1) is 6.61 Å². The molecule has 23 heavy (non-hydrogen) atoms. The number of ether oxygens (including phenoxy) is 1. The van der Waals surface area contributed by atoms with Crippen LogP contribution in [0.25, 0.3) is 0 Å². The molecule has 0 spiro atoms. The smallest absolute Gasteiger partial charge is 0.323 e. The second kappa shape index (κ2) is 8.02. The SMILES string of the molecule is O=C(NC(=O)C1CCCCC1)N[C@@H]1O[C@H](CO)[C@@H](O)[C@H](O)[C@H]1O. The number of nitrogens with one attached hydrogen (secondary N) is 2. The van der Waals surface area contributed by atoms with Crippen molar-refractivity contribution in [1.29, 1.82) is 0 Å². The number of hydrogen-bond donors (Lipinski definition) is 6. The molecule has 1 saturated carbocycles. The van der Waals surface area contributed by atoms with Crippen LogP contribution >= 0.6 is 0 Å². The molecule has 9 heteroatoms. The van der Waals surface area contributed by atoms with Crippen LogP contribution in [-0.4, -0.2) is 69.6 Å². The number of carbonyl (C=O) groups is 2. The summed E-state index contributed by atoms with van der Waals surface area (Å²) in [5.41, 5.74) is 0. The highest BCUT2D eigenvalue weighted by molar-refractivity contribution is 5.95. The molecule has 1 saturated heterocycles. The molecule has 1 aliphatic heterocycles. The molecule has 0 bridgehead atoms. The highest BCUT2D eigenvalue weighted by atomic mass is 16.6. The second-order valence-electron chi connectivity index (χ2n) is 6.05. The fraction of sp³-hybridized carbons (Fsp3) is 0.857. The molecule has 0 aromatic rings. The first-order valence-electron chi connectivity index (χ1n) is 7.86. The van der Waals surface area contributed by atoms with E-state index in [0.717, 1.165) is 32.1 Å². The molecular formula is C14H24N2O7. The molecule has 9 nitrogen and oxygen atoms in total. The van der Waals surface area contributed by atoms with E-state index in [-0.39, 0.29) is 11.8 Å². The lowest BCUT2D eigenvalue weighted by Crippen LogP contribution is -2.64. The molecule has 3 amide bonds. The Morgan fingerprint density at radius 2 is 1.65 bits per heavy atom. The number of amides is 3. The number of aliphatic hydroxyl groups is 4. The summed E-state index contributed by atoms with van der Waals surface area (Å²) >= 11 is 0. The zero-order valence-corrected chi connectivity index (χ0v) is 12.7. The van der Waals surface area contributed by atoms with Crippen LogP contribution in [0.1, 0.15) is 32.1 Å². The van der Waals surface area contributed by atoms with Crippen molar-refractivity contribution in [2.75, 3.05) is 6.61 Å². The van der Waals surface area contributed by atoms with Crippen LogP contribution in [0, 0.1) is 5.92 Å². The number of rotatable bonds is 3. The Morgan fingerprint density at radius 3 is 2.26 bits per heavy atom. The molecule has 5 atom stereocenters. The monoisotopic (exact) mass is 332 g/mol. The number of carbonyl (C=O) groups excluding carboxylic acids is 2. The van der Waals surface area contributed by atoms with E-state index >= 15 is 0 Å². The minimum Gasteiger partial charge on any atom is -0.394 e. The van der Waals surface area contributed by atoms with Gasteiger partial charge in [0.25, 0.3) is 0 Å². The third-order valence-electron chi connectivity index (χ3n) is 4.38. The van der Waals surface area contributed by atoms with Crippen LogP contribution < -0.4 is 10.6 Å². The van der Waals surface area contributed by atoms with Crippen molar-refractivity contribution < 1.29 is 34.8 Å². The minimum atomic E-state index is -1.58. The summed E-state index contributed by atoms with van der Waals surface area (Å²) in [6.07, 6.45) is -2.67. The zero-order chi connectivity index (χ0) is 17.0. The molecule has 2 fully saturated rings. The van der Waals surface area contributed by atoms with Gasteiger partial charge in [-0.25, -0.2) is 4.79 Å². The largest absolute Gasteiger partial charge is 0.394 e. The maximum absolute atomic E-state index is 12.0. The van der Waals surface area contributed by atoms with Gasteiger partial charge in [-0.3, -0.25) is 10.1 Å². The van der Waals surface area contributed by atoms with Crippen LogP contribution in [0.2, 0.25) is 0 Å². The van der Waals surface area contributed by atoms with E-state index in [0.29, 0.717) is 0 Å². The second-order valence-corrected chi connectivity index (χ2v) is 6.05. The Balaban J connectivity index is 1.87. The highest BCUT2D eigenvalue weighted by Crippen LogP contribution is 2.23. The first-order chi connectivity index (χ1) is 10.9. The molecule has 0 aromatic heterocycles. The van der Waals surface area contributed by atoms with Crippen molar-refractivity contribution in [3.05, 3.63) is 0 Å². The third-order valence-corrected chi connectivity index (χ3v) is 4.38. The number of aliphatic hydroxyl groups excluding tert-OH is 4. The molecule has 0 unspecified atom stereocenters. The van der Waals surface area contributed by atoms with Crippen molar-refractivity contribution in [2.24, 2.45) is 5.92 Å². The van der Waals surface area contributed by atoms with Crippen LogP contribution in [0.15, 0.2) is 0 Å². The molecule has 2 aliphatic rings. The van der Waals surface area contributed by atoms with Gasteiger partial charge in [-0.2, -0.15) is 0 Å². The fourth-order valence-electron chi connectivity index (χ4n) is 2.96. The molecular weight excluding hydrogens is 308 g/mol. The summed E-state index contributed by atoms with van der Waals surface area (Å²) < 4.78 is 5.13. The summed E-state index contributed by atoms with van der Waals surface area (Å²) in [5, 5.41) is 42.6. The molecule has 1 heterocycles. The molecule has 0 radical (unpaired) electrons. The summed E-state index contributed by atoms with van der Waals surface area (Å²) in [6, 6.07) is -0.857. The lowest BCUT2D eigenvalue weighted by Gasteiger charge is -2.40. The quantitative estimate of drug-likeness (QED) is 0.357. The normalized spacial score (nSPS) is 35.6. The summed E-state index contributed by atoms with van der Waals surface area (Å²) in [7, 11) is 0. The fourth-order valence-corrected chi connectivity index (χ4v) is 2.96. The van der Waals surface area contributed by atoms with Gasteiger partial charge in [0.15, 0.2) is 6.23 Å². The maximum Gasteiger partial charge on any atom is 0.323 e. The summed E-state index contributed by atoms with van der Waals surface area (Å²) in [5.74, 6) is -0.587. The molecule has 0 aromatic carbocycles. The number of urea groups is 1. The Bertz CT molecular complexity index is 425. The van der Waals surface area contributed by atoms with Crippen molar-refractivity contribution in [3.63, 3.8) is 0 Å². The van der Waals surface area contributed by atoms with Gasteiger partial charge in [0.1, 0.15) is 24.4 Å². The Morgan fingerprint density at radius 1 is 1.00 bits per heavy atom. The van der Waals surface area contributed by atoms with Gasteiger partial charge in [0, 0.05) is 5.92 Å². The maximum atomic E-state index is 12.0.